The number of rotatable bonds is 19. The first kappa shape index (κ1) is 45.5. The number of amides is 2. The van der Waals surface area contributed by atoms with Crippen LogP contribution in [0.2, 0.25) is 5.02 Å². The molecule has 1 N–H and O–H groups in total. The van der Waals surface area contributed by atoms with E-state index in [0.29, 0.717) is 29.1 Å². The summed E-state index contributed by atoms with van der Waals surface area (Å²) < 4.78 is 100.0. The Morgan fingerprint density at radius 1 is 0.986 bits per heavy atom. The van der Waals surface area contributed by atoms with Gasteiger partial charge in [0.05, 0.1) is 48.3 Å². The molecule has 6 heterocycles. The van der Waals surface area contributed by atoms with E-state index in [2.05, 4.69) is 43.7 Å². The Morgan fingerprint density at radius 3 is 2.36 bits per heavy atom. The van der Waals surface area contributed by atoms with Gasteiger partial charge in [-0.15, -0.1) is 13.2 Å². The van der Waals surface area contributed by atoms with Crippen LogP contribution in [0.4, 0.5) is 13.2 Å². The monoisotopic (exact) mass is 991 g/mol. The van der Waals surface area contributed by atoms with Crippen molar-refractivity contribution in [2.45, 2.75) is 82.8 Å². The first-order chi connectivity index (χ1) is 33.7. The van der Waals surface area contributed by atoms with Gasteiger partial charge in [0.15, 0.2) is 11.3 Å². The number of fused-ring (bicyclic) bond motifs is 1. The second kappa shape index (κ2) is 18.7. The number of alkyl halides is 3. The number of carbonyl (C=O) groups excluding carboxylic acids is 2. The van der Waals surface area contributed by atoms with E-state index in [0.717, 1.165) is 37.5 Å². The van der Waals surface area contributed by atoms with Gasteiger partial charge in [0.25, 0.3) is 0 Å². The van der Waals surface area contributed by atoms with Gasteiger partial charge in [-0.3, -0.25) is 42.2 Å². The zero-order chi connectivity index (χ0) is 52.2. The molecular formula is C48H53ClF3N10O6P. The van der Waals surface area contributed by atoms with Crippen LogP contribution >= 0.6 is 19.4 Å². The topological polar surface area (TPSA) is 173 Å². The lowest BCUT2D eigenvalue weighted by Crippen LogP contribution is -2.56. The molecule has 3 atom stereocenters. The highest BCUT2D eigenvalue weighted by atomic mass is 35.5. The molecule has 1 saturated carbocycles. The minimum Gasteiger partial charge on any atom is -0.348 e. The van der Waals surface area contributed by atoms with Gasteiger partial charge in [-0.25, -0.2) is 9.55 Å². The standard InChI is InChI=1S/C48H53ClF3N10O6P/c1-9-17-66-69(65,67-18-10-2)68-46(5,6)40-14-12-32(25-53-40)38-22-41(48(50,51)52)57-62(38)29-45(3,4)56-43(63)39(19-30-24-55-59(7)27-30)61-16-15-47(44(61)64)23-36(47)35-13-11-31(21-37(35)49)33-20-34-28-60(8)58-42(34)54-26-33/h9-14,20-22,24-28,36,39H,1-2,15-19,23,29H2,3-8H3,(H,56,63)/t36-,39-,47+/m1/s1/i7D3. The number of phosphoric acid groups is 1. The summed E-state index contributed by atoms with van der Waals surface area (Å²) in [5, 5.41) is 16.5. The molecular weight excluding hydrogens is 936 g/mol. The van der Waals surface area contributed by atoms with Gasteiger partial charge < -0.3 is 10.2 Å². The molecule has 1 aliphatic heterocycles. The number of hydrogen-bond donors (Lipinski definition) is 1. The van der Waals surface area contributed by atoms with Gasteiger partial charge >= 0.3 is 14.0 Å². The van der Waals surface area contributed by atoms with Crippen LogP contribution in [0.3, 0.4) is 0 Å². The van der Waals surface area contributed by atoms with E-state index >= 15 is 0 Å². The number of benzene rings is 1. The smallest absolute Gasteiger partial charge is 0.348 e. The van der Waals surface area contributed by atoms with Crippen LogP contribution in [-0.4, -0.2) is 87.4 Å². The molecule has 0 unspecified atom stereocenters. The number of nitrogens with one attached hydrogen (secondary N) is 1. The van der Waals surface area contributed by atoms with Gasteiger partial charge in [0, 0.05) is 83.3 Å². The molecule has 1 saturated heterocycles. The maximum absolute atomic E-state index is 14.7. The summed E-state index contributed by atoms with van der Waals surface area (Å²) >= 11 is 6.95. The summed E-state index contributed by atoms with van der Waals surface area (Å²) in [7, 11) is -2.34. The average Bonchev–Trinajstić information content (AvgIpc) is 3.73. The van der Waals surface area contributed by atoms with Crippen LogP contribution in [0.1, 0.15) is 73.1 Å². The van der Waals surface area contributed by atoms with Gasteiger partial charge in [0.2, 0.25) is 11.8 Å². The summed E-state index contributed by atoms with van der Waals surface area (Å²) in [5.74, 6) is -1.15. The molecule has 364 valence electrons. The molecule has 0 bridgehead atoms. The Morgan fingerprint density at radius 2 is 1.71 bits per heavy atom. The molecule has 8 rings (SSSR count). The van der Waals surface area contributed by atoms with E-state index in [1.807, 2.05) is 37.5 Å². The van der Waals surface area contributed by atoms with Crippen molar-refractivity contribution in [1.29, 1.82) is 0 Å². The van der Waals surface area contributed by atoms with Crippen molar-refractivity contribution in [2.75, 3.05) is 19.8 Å². The molecule has 21 heteroatoms. The van der Waals surface area contributed by atoms with E-state index in [9.17, 15) is 27.3 Å². The number of pyridine rings is 2. The fourth-order valence-corrected chi connectivity index (χ4v) is 10.6. The Balaban J connectivity index is 1.03. The zero-order valence-corrected chi connectivity index (χ0v) is 40.2. The maximum atomic E-state index is 14.7. The largest absolute Gasteiger partial charge is 0.476 e. The number of nitrogens with zero attached hydrogens (tertiary/aromatic N) is 9. The van der Waals surface area contributed by atoms with Crippen molar-refractivity contribution in [3.8, 4) is 22.4 Å². The molecule has 2 amide bonds. The first-order valence-electron chi connectivity index (χ1n) is 23.4. The Kier molecular flexibility index (Phi) is 12.3. The Labute approximate surface area is 406 Å². The minimum absolute atomic E-state index is 0.0136. The van der Waals surface area contributed by atoms with Crippen LogP contribution in [0, 0.1) is 5.41 Å². The van der Waals surface area contributed by atoms with Crippen molar-refractivity contribution in [2.24, 2.45) is 19.4 Å². The number of likely N-dealkylation sites (tertiary alicyclic amines) is 1. The van der Waals surface area contributed by atoms with Crippen molar-refractivity contribution in [3.05, 3.63) is 126 Å². The molecule has 6 aromatic rings. The predicted octanol–water partition coefficient (Wildman–Crippen LogP) is 8.98. The van der Waals surface area contributed by atoms with Gasteiger partial charge in [-0.05, 0) is 87.6 Å². The number of halogens is 4. The summed E-state index contributed by atoms with van der Waals surface area (Å²) in [5.41, 5.74) is -0.805. The summed E-state index contributed by atoms with van der Waals surface area (Å²) in [6.07, 6.45) is 6.21. The van der Waals surface area contributed by atoms with Gasteiger partial charge in [-0.2, -0.15) is 28.5 Å². The fourth-order valence-electron chi connectivity index (χ4n) is 8.90. The highest BCUT2D eigenvalue weighted by molar-refractivity contribution is 7.48. The molecule has 1 spiro atoms. The molecule has 1 aromatic carbocycles. The van der Waals surface area contributed by atoms with Crippen molar-refractivity contribution in [1.82, 2.24) is 49.5 Å². The second-order valence-electron chi connectivity index (χ2n) is 18.4. The Hall–Kier alpha value is -5.98. The molecule has 0 radical (unpaired) electrons. The van der Waals surface area contributed by atoms with Gasteiger partial charge in [0.1, 0.15) is 11.6 Å². The lowest BCUT2D eigenvalue weighted by molar-refractivity contribution is -0.141. The van der Waals surface area contributed by atoms with E-state index in [4.69, 9.17) is 29.3 Å². The molecule has 16 nitrogen and oxygen atoms in total. The first-order valence-corrected chi connectivity index (χ1v) is 23.8. The van der Waals surface area contributed by atoms with Crippen LogP contribution in [0.15, 0.2) is 98.8 Å². The molecule has 5 aromatic heterocycles. The molecule has 2 fully saturated rings. The van der Waals surface area contributed by atoms with Crippen molar-refractivity contribution in [3.63, 3.8) is 0 Å². The van der Waals surface area contributed by atoms with Crippen molar-refractivity contribution < 1.29 is 45.0 Å². The predicted molar refractivity (Wildman–Crippen MR) is 252 cm³/mol. The van der Waals surface area contributed by atoms with Crippen molar-refractivity contribution >= 4 is 42.3 Å². The summed E-state index contributed by atoms with van der Waals surface area (Å²) in [6, 6.07) is 10.3. The van der Waals surface area contributed by atoms with Crippen LogP contribution in [-0.2, 0) is 66.5 Å². The van der Waals surface area contributed by atoms with Crippen LogP contribution in [0.25, 0.3) is 33.4 Å². The number of carbonyl (C=O) groups is 2. The maximum Gasteiger partial charge on any atom is 0.476 e. The number of aromatic nitrogens is 8. The number of hydrogen-bond acceptors (Lipinski definition) is 11. The van der Waals surface area contributed by atoms with Gasteiger partial charge in [-0.1, -0.05) is 35.9 Å². The molecule has 69 heavy (non-hydrogen) atoms. The van der Waals surface area contributed by atoms with Crippen LogP contribution in [0.5, 0.6) is 0 Å². The SMILES string of the molecule is [2H]C([2H])([2H])n1cc(C[C@H](C(=O)NC(C)(C)Cn2nc(C(F)(F)F)cc2-c2ccc(C(C)(C)OP(=O)(OCC=C)OCC=C)nc2)N2CC[C@@]3(C[C@@H]3c3ccc(-c4cnc5nn(C)cc5c4)cc3Cl)C2=O)cn1. The zero-order valence-electron chi connectivity index (χ0n) is 41.5. The lowest BCUT2D eigenvalue weighted by atomic mass is 9.95. The minimum atomic E-state index is -4.84. The second-order valence-corrected chi connectivity index (χ2v) is 20.4. The average molecular weight is 992 g/mol. The van der Waals surface area contributed by atoms with E-state index in [1.54, 1.807) is 38.6 Å². The summed E-state index contributed by atoms with van der Waals surface area (Å²) in [4.78, 5) is 39.8. The third kappa shape index (κ3) is 10.5. The van der Waals surface area contributed by atoms with E-state index in [1.165, 1.54) is 47.8 Å². The molecule has 2 aliphatic rings. The van der Waals surface area contributed by atoms with E-state index < -0.39 is 55.2 Å². The fraction of sp³-hybridized carbons (Fsp3) is 0.396. The van der Waals surface area contributed by atoms with Crippen LogP contribution < -0.4 is 5.32 Å². The molecule has 1 aliphatic carbocycles. The highest BCUT2D eigenvalue weighted by Gasteiger charge is 2.65. The third-order valence-electron chi connectivity index (χ3n) is 12.3. The highest BCUT2D eigenvalue weighted by Crippen LogP contribution is 2.66. The number of aryl methyl sites for hydroxylation is 2. The summed E-state index contributed by atoms with van der Waals surface area (Å²) in [6.45, 7) is 10.5. The van der Waals surface area contributed by atoms with E-state index in [-0.39, 0.29) is 61.5 Å². The third-order valence-corrected chi connectivity index (χ3v) is 14.2. The number of phosphoric ester groups is 1. The lowest BCUT2D eigenvalue weighted by Gasteiger charge is -2.33. The quantitative estimate of drug-likeness (QED) is 0.0606. The normalized spacial score (nSPS) is 18.9. The Bertz CT molecular complexity index is 3090.